The quantitative estimate of drug-likeness (QED) is 0.407. The molecule has 152 valence electrons. The Hall–Kier alpha value is -3.92. The lowest BCUT2D eigenvalue weighted by atomic mass is 10.1. The fourth-order valence-corrected chi connectivity index (χ4v) is 4.25. The third-order valence-electron chi connectivity index (χ3n) is 5.03. The zero-order chi connectivity index (χ0) is 20.9. The number of imidazole rings is 1. The summed E-state index contributed by atoms with van der Waals surface area (Å²) in [5.41, 5.74) is 3.88. The van der Waals surface area contributed by atoms with Crippen LogP contribution in [0.1, 0.15) is 19.9 Å². The second kappa shape index (κ2) is 6.81. The fourth-order valence-electron chi connectivity index (χ4n) is 3.57. The van der Waals surface area contributed by atoms with Gasteiger partial charge in [-0.25, -0.2) is 14.6 Å². The third kappa shape index (κ3) is 2.83. The van der Waals surface area contributed by atoms with E-state index in [9.17, 15) is 0 Å². The van der Waals surface area contributed by atoms with Crippen LogP contribution < -0.4 is 0 Å². The van der Waals surface area contributed by atoms with E-state index >= 15 is 0 Å². The van der Waals surface area contributed by atoms with Crippen LogP contribution in [-0.2, 0) is 0 Å². The van der Waals surface area contributed by atoms with E-state index in [0.29, 0.717) is 17.4 Å². The van der Waals surface area contributed by atoms with Crippen LogP contribution in [0.4, 0.5) is 0 Å². The Morgan fingerprint density at radius 1 is 1.13 bits per heavy atom. The highest BCUT2D eigenvalue weighted by Gasteiger charge is 2.21. The number of nitrogens with zero attached hydrogens (tertiary/aromatic N) is 8. The van der Waals surface area contributed by atoms with Crippen LogP contribution in [0.3, 0.4) is 0 Å². The largest absolute Gasteiger partial charge is 0.334 e. The van der Waals surface area contributed by atoms with Gasteiger partial charge in [-0.15, -0.1) is 11.3 Å². The average molecular weight is 428 g/mol. The smallest absolute Gasteiger partial charge is 0.259 e. The second-order valence-corrected chi connectivity index (χ2v) is 8.27. The molecule has 0 aromatic carbocycles. The first-order valence-electron chi connectivity index (χ1n) is 9.72. The first kappa shape index (κ1) is 17.9. The summed E-state index contributed by atoms with van der Waals surface area (Å²) >= 11 is 1.63. The molecule has 0 atom stereocenters. The predicted octanol–water partition coefficient (Wildman–Crippen LogP) is 4.50. The number of hydrogen-bond acceptors (Lipinski definition) is 8. The molecular formula is C21H16N8OS. The van der Waals surface area contributed by atoms with Crippen LogP contribution in [0, 0.1) is 0 Å². The highest BCUT2D eigenvalue weighted by Crippen LogP contribution is 2.34. The van der Waals surface area contributed by atoms with Crippen molar-refractivity contribution in [1.82, 2.24) is 39.3 Å². The summed E-state index contributed by atoms with van der Waals surface area (Å²) < 4.78 is 9.47. The van der Waals surface area contributed by atoms with E-state index in [1.165, 1.54) is 0 Å². The number of hydrogen-bond donors (Lipinski definition) is 0. The van der Waals surface area contributed by atoms with Gasteiger partial charge in [-0.2, -0.15) is 10.1 Å². The van der Waals surface area contributed by atoms with E-state index < -0.39 is 0 Å². The van der Waals surface area contributed by atoms with Crippen LogP contribution in [0.5, 0.6) is 0 Å². The molecule has 10 heteroatoms. The van der Waals surface area contributed by atoms with Crippen molar-refractivity contribution in [2.75, 3.05) is 0 Å². The minimum absolute atomic E-state index is 0.168. The molecule has 0 radical (unpaired) electrons. The first-order valence-corrected chi connectivity index (χ1v) is 10.6. The Bertz CT molecular complexity index is 1530. The maximum Gasteiger partial charge on any atom is 0.259 e. The molecule has 0 aliphatic heterocycles. The molecule has 0 saturated heterocycles. The maximum atomic E-state index is 5.69. The lowest BCUT2D eigenvalue weighted by Crippen LogP contribution is -2.03. The highest BCUT2D eigenvalue weighted by atomic mass is 32.1. The van der Waals surface area contributed by atoms with Gasteiger partial charge < -0.3 is 4.52 Å². The van der Waals surface area contributed by atoms with Gasteiger partial charge in [0.05, 0.1) is 40.1 Å². The molecule has 0 amide bonds. The Morgan fingerprint density at radius 3 is 2.90 bits per heavy atom. The van der Waals surface area contributed by atoms with Gasteiger partial charge in [0.1, 0.15) is 5.69 Å². The van der Waals surface area contributed by atoms with Crippen molar-refractivity contribution in [2.24, 2.45) is 0 Å². The Morgan fingerprint density at radius 2 is 2.06 bits per heavy atom. The minimum atomic E-state index is 0.168. The van der Waals surface area contributed by atoms with Crippen molar-refractivity contribution in [3.8, 4) is 33.5 Å². The van der Waals surface area contributed by atoms with Gasteiger partial charge in [-0.1, -0.05) is 11.2 Å². The number of rotatable bonds is 4. The standard InChI is InChI=1S/C21H16N8OS/c1-12(2)29-20-14(9-24-29)13(8-15(25-20)17-4-3-7-31-17)21-26-19(27-30-21)16-10-23-18-11-22-5-6-28(16)18/h3-12H,1-2H3. The molecule has 31 heavy (non-hydrogen) atoms. The third-order valence-corrected chi connectivity index (χ3v) is 5.92. The van der Waals surface area contributed by atoms with E-state index in [-0.39, 0.29) is 6.04 Å². The molecule has 0 saturated carbocycles. The summed E-state index contributed by atoms with van der Waals surface area (Å²) in [5.74, 6) is 0.861. The van der Waals surface area contributed by atoms with Gasteiger partial charge in [-0.05, 0) is 31.4 Å². The van der Waals surface area contributed by atoms with Crippen LogP contribution in [0.15, 0.2) is 59.1 Å². The SMILES string of the molecule is CC(C)n1ncc2c(-c3nc(-c4cnc5cnccn45)no3)cc(-c3cccs3)nc21. The Labute approximate surface area is 180 Å². The zero-order valence-electron chi connectivity index (χ0n) is 16.7. The lowest BCUT2D eigenvalue weighted by molar-refractivity contribution is 0.432. The number of pyridine rings is 1. The molecule has 6 heterocycles. The molecule has 0 aliphatic carbocycles. The number of aromatic nitrogens is 8. The van der Waals surface area contributed by atoms with Crippen LogP contribution in [0.2, 0.25) is 0 Å². The van der Waals surface area contributed by atoms with Gasteiger partial charge in [0.15, 0.2) is 11.3 Å². The normalized spacial score (nSPS) is 11.8. The summed E-state index contributed by atoms with van der Waals surface area (Å²) in [6.45, 7) is 4.16. The van der Waals surface area contributed by atoms with Crippen LogP contribution in [-0.4, -0.2) is 39.3 Å². The number of thiophene rings is 1. The van der Waals surface area contributed by atoms with Crippen molar-refractivity contribution in [3.63, 3.8) is 0 Å². The molecule has 0 bridgehead atoms. The molecule has 6 aromatic heterocycles. The van der Waals surface area contributed by atoms with Crippen molar-refractivity contribution in [3.05, 3.63) is 54.6 Å². The van der Waals surface area contributed by atoms with Gasteiger partial charge in [0.25, 0.3) is 5.89 Å². The minimum Gasteiger partial charge on any atom is -0.334 e. The average Bonchev–Trinajstić information content (AvgIpc) is 3.58. The van der Waals surface area contributed by atoms with Crippen molar-refractivity contribution >= 4 is 28.0 Å². The fraction of sp³-hybridized carbons (Fsp3) is 0.143. The monoisotopic (exact) mass is 428 g/mol. The first-order chi connectivity index (χ1) is 15.2. The van der Waals surface area contributed by atoms with Crippen LogP contribution in [0.25, 0.3) is 50.2 Å². The molecule has 0 aliphatic rings. The van der Waals surface area contributed by atoms with Gasteiger partial charge in [0.2, 0.25) is 5.82 Å². The summed E-state index contributed by atoms with van der Waals surface area (Å²) in [5, 5.41) is 11.7. The summed E-state index contributed by atoms with van der Waals surface area (Å²) in [6.07, 6.45) is 8.71. The van der Waals surface area contributed by atoms with E-state index in [1.807, 2.05) is 38.9 Å². The molecule has 6 rings (SSSR count). The van der Waals surface area contributed by atoms with E-state index in [1.54, 1.807) is 36.1 Å². The predicted molar refractivity (Wildman–Crippen MR) is 116 cm³/mol. The topological polar surface area (TPSA) is 99.8 Å². The molecule has 0 unspecified atom stereocenters. The van der Waals surface area contributed by atoms with E-state index in [4.69, 9.17) is 9.51 Å². The molecule has 0 fully saturated rings. The van der Waals surface area contributed by atoms with Crippen molar-refractivity contribution in [2.45, 2.75) is 19.9 Å². The second-order valence-electron chi connectivity index (χ2n) is 7.32. The summed E-state index contributed by atoms with van der Waals surface area (Å²) in [7, 11) is 0. The lowest BCUT2D eigenvalue weighted by Gasteiger charge is -2.08. The molecule has 9 nitrogen and oxygen atoms in total. The Kier molecular flexibility index (Phi) is 3.93. The highest BCUT2D eigenvalue weighted by molar-refractivity contribution is 7.13. The van der Waals surface area contributed by atoms with Gasteiger partial charge in [-0.3, -0.25) is 9.38 Å². The molecule has 0 N–H and O–H groups in total. The number of fused-ring (bicyclic) bond motifs is 2. The van der Waals surface area contributed by atoms with Crippen molar-refractivity contribution < 1.29 is 4.52 Å². The van der Waals surface area contributed by atoms with Gasteiger partial charge >= 0.3 is 0 Å². The van der Waals surface area contributed by atoms with Crippen LogP contribution >= 0.6 is 11.3 Å². The summed E-state index contributed by atoms with van der Waals surface area (Å²) in [4.78, 5) is 19.1. The zero-order valence-corrected chi connectivity index (χ0v) is 17.5. The van der Waals surface area contributed by atoms with E-state index in [2.05, 4.69) is 39.1 Å². The Balaban J connectivity index is 1.55. The van der Waals surface area contributed by atoms with Gasteiger partial charge in [0, 0.05) is 18.4 Å². The summed E-state index contributed by atoms with van der Waals surface area (Å²) in [6, 6.07) is 6.21. The molecule has 0 spiro atoms. The van der Waals surface area contributed by atoms with Crippen molar-refractivity contribution in [1.29, 1.82) is 0 Å². The maximum absolute atomic E-state index is 5.69. The molecule has 6 aromatic rings. The van der Waals surface area contributed by atoms with E-state index in [0.717, 1.165) is 32.9 Å². The molecular weight excluding hydrogens is 412 g/mol.